The topological polar surface area (TPSA) is 141 Å². The van der Waals surface area contributed by atoms with Gasteiger partial charge in [-0.05, 0) is 62.7 Å². The largest absolute Gasteiger partial charge is 0.481 e. The van der Waals surface area contributed by atoms with E-state index in [2.05, 4.69) is 25.7 Å². The molecule has 1 unspecified atom stereocenters. The highest BCUT2D eigenvalue weighted by Crippen LogP contribution is 2.28. The monoisotopic (exact) mass is 506 g/mol. The van der Waals surface area contributed by atoms with Gasteiger partial charge in [0, 0.05) is 11.8 Å². The molecule has 13 heteroatoms. The maximum absolute atomic E-state index is 14.0. The van der Waals surface area contributed by atoms with E-state index in [0.29, 0.717) is 16.9 Å². The summed E-state index contributed by atoms with van der Waals surface area (Å²) in [4.78, 5) is 28.3. The summed E-state index contributed by atoms with van der Waals surface area (Å²) in [6, 6.07) is 5.19. The molecule has 1 amide bonds. The number of carboxylic acid groups (broad SMARTS) is 1. The molecule has 0 spiro atoms. The molecular formula is C22H24ClFN6O5. The predicted molar refractivity (Wildman–Crippen MR) is 123 cm³/mol. The summed E-state index contributed by atoms with van der Waals surface area (Å²) in [5.74, 6) is -1.40. The number of rotatable bonds is 8. The first kappa shape index (κ1) is 25.8. The standard InChI is InChI=1S/C22H24ClFN6O5/c1-12-7-15(34-20-17(24)8-13(23)10-25-20)5-6-16(12)19-27-29-30(28-19)11-14(9-18(31)32)26-21(33)35-22(2,3)4/h5-8,10,14H,9,11H2,1-4H3,(H,26,33)(H,31,32). The lowest BCUT2D eigenvalue weighted by atomic mass is 10.1. The van der Waals surface area contributed by atoms with Crippen molar-refractivity contribution in [1.82, 2.24) is 30.5 Å². The van der Waals surface area contributed by atoms with E-state index in [9.17, 15) is 19.1 Å². The molecule has 0 saturated carbocycles. The molecule has 0 aliphatic rings. The summed E-state index contributed by atoms with van der Waals surface area (Å²) in [6.45, 7) is 6.84. The molecule has 0 fully saturated rings. The van der Waals surface area contributed by atoms with Gasteiger partial charge in [-0.2, -0.15) is 4.80 Å². The molecule has 3 aromatic rings. The minimum atomic E-state index is -1.11. The first-order chi connectivity index (χ1) is 16.4. The summed E-state index contributed by atoms with van der Waals surface area (Å²) in [5, 5.41) is 24.1. The van der Waals surface area contributed by atoms with Crippen LogP contribution in [0.1, 0.15) is 32.8 Å². The molecule has 1 atom stereocenters. The van der Waals surface area contributed by atoms with Crippen LogP contribution in [0.15, 0.2) is 30.5 Å². The van der Waals surface area contributed by atoms with Crippen molar-refractivity contribution < 1.29 is 28.6 Å². The van der Waals surface area contributed by atoms with Gasteiger partial charge >= 0.3 is 12.1 Å². The van der Waals surface area contributed by atoms with Crippen molar-refractivity contribution in [3.63, 3.8) is 0 Å². The molecule has 0 bridgehead atoms. The molecule has 2 aromatic heterocycles. The van der Waals surface area contributed by atoms with Gasteiger partial charge in [-0.25, -0.2) is 14.2 Å². The number of pyridine rings is 1. The zero-order chi connectivity index (χ0) is 25.8. The summed E-state index contributed by atoms with van der Waals surface area (Å²) < 4.78 is 24.6. The first-order valence-corrected chi connectivity index (χ1v) is 10.9. The number of aryl methyl sites for hydroxylation is 1. The van der Waals surface area contributed by atoms with E-state index in [1.807, 2.05) is 0 Å². The Balaban J connectivity index is 1.72. The van der Waals surface area contributed by atoms with Crippen LogP contribution in [0.4, 0.5) is 9.18 Å². The van der Waals surface area contributed by atoms with E-state index in [0.717, 1.165) is 6.07 Å². The fourth-order valence-electron chi connectivity index (χ4n) is 3.01. The number of ether oxygens (including phenoxy) is 2. The third-order valence-corrected chi connectivity index (χ3v) is 4.61. The Labute approximate surface area is 205 Å². The number of tetrazole rings is 1. The number of nitrogens with zero attached hydrogens (tertiary/aromatic N) is 5. The zero-order valence-corrected chi connectivity index (χ0v) is 20.2. The van der Waals surface area contributed by atoms with Crippen molar-refractivity contribution in [1.29, 1.82) is 0 Å². The van der Waals surface area contributed by atoms with Crippen LogP contribution in [0.5, 0.6) is 11.6 Å². The second-order valence-corrected chi connectivity index (χ2v) is 9.06. The van der Waals surface area contributed by atoms with Crippen LogP contribution in [-0.2, 0) is 16.1 Å². The third kappa shape index (κ3) is 7.60. The van der Waals surface area contributed by atoms with Gasteiger partial charge in [0.25, 0.3) is 5.88 Å². The molecule has 2 heterocycles. The van der Waals surface area contributed by atoms with Crippen molar-refractivity contribution in [3.05, 3.63) is 46.9 Å². The maximum Gasteiger partial charge on any atom is 0.407 e. The summed E-state index contributed by atoms with van der Waals surface area (Å²) in [6.07, 6.45) is 0.164. The minimum absolute atomic E-state index is 0.0414. The quantitative estimate of drug-likeness (QED) is 0.463. The van der Waals surface area contributed by atoms with E-state index in [1.165, 1.54) is 11.0 Å². The smallest absolute Gasteiger partial charge is 0.407 e. The molecule has 2 N–H and O–H groups in total. The SMILES string of the molecule is Cc1cc(Oc2ncc(Cl)cc2F)ccc1-c1nnn(CC(CC(=O)O)NC(=O)OC(C)(C)C)n1. The fraction of sp³-hybridized carbons (Fsp3) is 0.364. The second-order valence-electron chi connectivity index (χ2n) is 8.63. The average Bonchev–Trinajstić information content (AvgIpc) is 3.16. The van der Waals surface area contributed by atoms with Crippen LogP contribution in [0.2, 0.25) is 5.02 Å². The normalized spacial score (nSPS) is 12.2. The van der Waals surface area contributed by atoms with Crippen LogP contribution in [0.25, 0.3) is 11.4 Å². The van der Waals surface area contributed by atoms with Crippen molar-refractivity contribution in [2.45, 2.75) is 52.3 Å². The molecule has 1 aromatic carbocycles. The summed E-state index contributed by atoms with van der Waals surface area (Å²) >= 11 is 5.71. The molecule has 0 radical (unpaired) electrons. The highest BCUT2D eigenvalue weighted by atomic mass is 35.5. The molecule has 35 heavy (non-hydrogen) atoms. The summed E-state index contributed by atoms with van der Waals surface area (Å²) in [7, 11) is 0. The number of amides is 1. The minimum Gasteiger partial charge on any atom is -0.481 e. The highest BCUT2D eigenvalue weighted by molar-refractivity contribution is 6.30. The Bertz CT molecular complexity index is 1230. The molecule has 186 valence electrons. The van der Waals surface area contributed by atoms with Crippen LogP contribution in [0, 0.1) is 12.7 Å². The Morgan fingerprint density at radius 1 is 1.29 bits per heavy atom. The van der Waals surface area contributed by atoms with Gasteiger partial charge in [-0.15, -0.1) is 10.2 Å². The van der Waals surface area contributed by atoms with E-state index >= 15 is 0 Å². The highest BCUT2D eigenvalue weighted by Gasteiger charge is 2.23. The first-order valence-electron chi connectivity index (χ1n) is 10.5. The van der Waals surface area contributed by atoms with Gasteiger partial charge in [0.15, 0.2) is 5.82 Å². The average molecular weight is 507 g/mol. The molecule has 0 aliphatic carbocycles. The Morgan fingerprint density at radius 3 is 2.66 bits per heavy atom. The van der Waals surface area contributed by atoms with Crippen LogP contribution in [-0.4, -0.2) is 54.0 Å². The Hall–Kier alpha value is -3.80. The lowest BCUT2D eigenvalue weighted by Gasteiger charge is -2.22. The van der Waals surface area contributed by atoms with E-state index in [4.69, 9.17) is 21.1 Å². The van der Waals surface area contributed by atoms with Gasteiger partial charge in [-0.3, -0.25) is 4.79 Å². The second kappa shape index (κ2) is 10.6. The van der Waals surface area contributed by atoms with Gasteiger partial charge in [0.05, 0.1) is 24.0 Å². The van der Waals surface area contributed by atoms with Gasteiger partial charge < -0.3 is 19.9 Å². The van der Waals surface area contributed by atoms with E-state index < -0.39 is 29.5 Å². The maximum atomic E-state index is 14.0. The number of alkyl carbamates (subject to hydrolysis) is 1. The van der Waals surface area contributed by atoms with E-state index in [1.54, 1.807) is 45.9 Å². The lowest BCUT2D eigenvalue weighted by molar-refractivity contribution is -0.137. The number of carboxylic acids is 1. The number of hydrogen-bond donors (Lipinski definition) is 2. The molecular weight excluding hydrogens is 483 g/mol. The number of aliphatic carboxylic acids is 1. The molecule has 11 nitrogen and oxygen atoms in total. The van der Waals surface area contributed by atoms with E-state index in [-0.39, 0.29) is 29.7 Å². The lowest BCUT2D eigenvalue weighted by Crippen LogP contribution is -2.42. The van der Waals surface area contributed by atoms with Gasteiger partial charge in [0.2, 0.25) is 5.82 Å². The number of aromatic nitrogens is 5. The van der Waals surface area contributed by atoms with Crippen molar-refractivity contribution in [2.24, 2.45) is 0 Å². The number of benzene rings is 1. The number of hydrogen-bond acceptors (Lipinski definition) is 8. The van der Waals surface area contributed by atoms with Gasteiger partial charge in [0.1, 0.15) is 11.4 Å². The van der Waals surface area contributed by atoms with Crippen LogP contribution in [0.3, 0.4) is 0 Å². The molecule has 0 saturated heterocycles. The fourth-order valence-corrected chi connectivity index (χ4v) is 3.16. The Morgan fingerprint density at radius 2 is 2.03 bits per heavy atom. The predicted octanol–water partition coefficient (Wildman–Crippen LogP) is 4.00. The number of carbonyl (C=O) groups excluding carboxylic acids is 1. The van der Waals surface area contributed by atoms with Crippen LogP contribution < -0.4 is 10.1 Å². The van der Waals surface area contributed by atoms with Crippen molar-refractivity contribution in [3.8, 4) is 23.0 Å². The number of halogens is 2. The molecule has 0 aliphatic heterocycles. The molecule has 3 rings (SSSR count). The van der Waals surface area contributed by atoms with Gasteiger partial charge in [-0.1, -0.05) is 11.6 Å². The number of nitrogens with one attached hydrogen (secondary N) is 1. The van der Waals surface area contributed by atoms with Crippen molar-refractivity contribution in [2.75, 3.05) is 0 Å². The van der Waals surface area contributed by atoms with Crippen molar-refractivity contribution >= 4 is 23.7 Å². The zero-order valence-electron chi connectivity index (χ0n) is 19.5. The summed E-state index contributed by atoms with van der Waals surface area (Å²) in [5.41, 5.74) is 0.604. The Kier molecular flexibility index (Phi) is 7.85. The van der Waals surface area contributed by atoms with Crippen LogP contribution >= 0.6 is 11.6 Å². The third-order valence-electron chi connectivity index (χ3n) is 4.41. The number of carbonyl (C=O) groups is 2.